The first kappa shape index (κ1) is 14.6. The lowest BCUT2D eigenvalue weighted by Crippen LogP contribution is -2.15. The minimum absolute atomic E-state index is 0.124. The van der Waals surface area contributed by atoms with Crippen LogP contribution in [0.4, 0.5) is 5.69 Å². The van der Waals surface area contributed by atoms with Crippen LogP contribution in [-0.4, -0.2) is 24.1 Å². The van der Waals surface area contributed by atoms with E-state index in [1.54, 1.807) is 19.9 Å². The Morgan fingerprint density at radius 3 is 2.71 bits per heavy atom. The number of carbonyl (C=O) groups excluding carboxylic acids is 2. The average Bonchev–Trinajstić information content (AvgIpc) is 2.58. The Morgan fingerprint density at radius 2 is 2.14 bits per heavy atom. The van der Waals surface area contributed by atoms with Crippen molar-refractivity contribution >= 4 is 23.3 Å². The van der Waals surface area contributed by atoms with Crippen LogP contribution in [0.3, 0.4) is 0 Å². The summed E-state index contributed by atoms with van der Waals surface area (Å²) in [5.41, 5.74) is 2.11. The second-order valence-corrected chi connectivity index (χ2v) is 4.77. The van der Waals surface area contributed by atoms with Crippen molar-refractivity contribution in [3.05, 3.63) is 33.9 Å². The maximum Gasteiger partial charge on any atom is 0.338 e. The molecule has 108 valence electrons. The number of aliphatic hydroxyl groups excluding tert-OH is 1. The van der Waals surface area contributed by atoms with E-state index < -0.39 is 11.9 Å². The molecule has 0 bridgehead atoms. The van der Waals surface area contributed by atoms with Crippen molar-refractivity contribution in [3.63, 3.8) is 0 Å². The molecule has 1 aromatic rings. The first-order valence-electron chi connectivity index (χ1n) is 6.25. The Labute approximate surface area is 121 Å². The molecule has 0 spiro atoms. The highest BCUT2D eigenvalue weighted by molar-refractivity contribution is 6.09. The Bertz CT molecular complexity index is 726. The summed E-state index contributed by atoms with van der Waals surface area (Å²) in [6.07, 6.45) is -0.309. The third-order valence-corrected chi connectivity index (χ3v) is 3.53. The SMILES string of the molecule is COC(=O)C1=C(O)c2cc(C)c(C)c(C#N)c2NC(=O)C1. The summed E-state index contributed by atoms with van der Waals surface area (Å²) in [4.78, 5) is 23.6. The van der Waals surface area contributed by atoms with Crippen molar-refractivity contribution in [2.45, 2.75) is 20.3 Å². The lowest BCUT2D eigenvalue weighted by atomic mass is 9.95. The number of hydrogen-bond acceptors (Lipinski definition) is 5. The summed E-state index contributed by atoms with van der Waals surface area (Å²) >= 11 is 0. The third kappa shape index (κ3) is 2.34. The van der Waals surface area contributed by atoms with Gasteiger partial charge in [0.25, 0.3) is 0 Å². The van der Waals surface area contributed by atoms with E-state index in [4.69, 9.17) is 0 Å². The summed E-state index contributed by atoms with van der Waals surface area (Å²) in [6.45, 7) is 3.54. The maximum absolute atomic E-state index is 11.9. The second kappa shape index (κ2) is 5.29. The number of esters is 1. The molecule has 1 amide bonds. The van der Waals surface area contributed by atoms with Gasteiger partial charge in [-0.25, -0.2) is 4.79 Å². The highest BCUT2D eigenvalue weighted by atomic mass is 16.5. The predicted octanol–water partition coefficient (Wildman–Crippen LogP) is 1.96. The number of aliphatic hydroxyl groups is 1. The summed E-state index contributed by atoms with van der Waals surface area (Å²) in [6, 6.07) is 3.66. The first-order valence-corrected chi connectivity index (χ1v) is 6.25. The van der Waals surface area contributed by atoms with E-state index in [1.165, 1.54) is 7.11 Å². The predicted molar refractivity (Wildman–Crippen MR) is 75.4 cm³/mol. The number of fused-ring (bicyclic) bond motifs is 1. The van der Waals surface area contributed by atoms with Crippen LogP contribution in [0.1, 0.15) is 28.7 Å². The minimum Gasteiger partial charge on any atom is -0.507 e. The molecule has 1 aliphatic rings. The number of anilines is 1. The molecule has 6 heteroatoms. The second-order valence-electron chi connectivity index (χ2n) is 4.77. The number of nitriles is 1. The topological polar surface area (TPSA) is 99.4 Å². The maximum atomic E-state index is 11.9. The number of hydrogen-bond donors (Lipinski definition) is 2. The fourth-order valence-corrected chi connectivity index (χ4v) is 2.26. The summed E-state index contributed by atoms with van der Waals surface area (Å²) in [5, 5.41) is 22.2. The van der Waals surface area contributed by atoms with Crippen molar-refractivity contribution in [2.24, 2.45) is 0 Å². The number of rotatable bonds is 1. The van der Waals surface area contributed by atoms with Crippen molar-refractivity contribution in [2.75, 3.05) is 12.4 Å². The molecule has 2 N–H and O–H groups in total. The zero-order valence-corrected chi connectivity index (χ0v) is 11.9. The van der Waals surface area contributed by atoms with Crippen LogP contribution in [0.5, 0.6) is 0 Å². The molecule has 0 fully saturated rings. The molecule has 0 aromatic heterocycles. The molecule has 2 rings (SSSR count). The van der Waals surface area contributed by atoms with E-state index in [0.29, 0.717) is 5.56 Å². The van der Waals surface area contributed by atoms with Gasteiger partial charge in [-0.1, -0.05) is 0 Å². The number of aryl methyl sites for hydroxylation is 1. The summed E-state index contributed by atoms with van der Waals surface area (Å²) in [5.74, 6) is -1.59. The number of carbonyl (C=O) groups is 2. The lowest BCUT2D eigenvalue weighted by molar-refractivity contribution is -0.137. The molecule has 0 saturated carbocycles. The lowest BCUT2D eigenvalue weighted by Gasteiger charge is -2.14. The van der Waals surface area contributed by atoms with E-state index >= 15 is 0 Å². The average molecular weight is 286 g/mol. The molecule has 21 heavy (non-hydrogen) atoms. The smallest absolute Gasteiger partial charge is 0.338 e. The van der Waals surface area contributed by atoms with E-state index in [1.807, 2.05) is 6.07 Å². The van der Waals surface area contributed by atoms with Gasteiger partial charge in [0.05, 0.1) is 30.4 Å². The van der Waals surface area contributed by atoms with Gasteiger partial charge in [0.2, 0.25) is 5.91 Å². The Kier molecular flexibility index (Phi) is 3.68. The van der Waals surface area contributed by atoms with Crippen molar-refractivity contribution in [1.82, 2.24) is 0 Å². The third-order valence-electron chi connectivity index (χ3n) is 3.53. The van der Waals surface area contributed by atoms with Crippen LogP contribution in [0.15, 0.2) is 11.6 Å². The van der Waals surface area contributed by atoms with Gasteiger partial charge in [-0.15, -0.1) is 0 Å². The monoisotopic (exact) mass is 286 g/mol. The van der Waals surface area contributed by atoms with Gasteiger partial charge in [-0.2, -0.15) is 5.26 Å². The molecule has 0 saturated heterocycles. The highest BCUT2D eigenvalue weighted by Gasteiger charge is 2.28. The van der Waals surface area contributed by atoms with Gasteiger partial charge in [0, 0.05) is 5.56 Å². The van der Waals surface area contributed by atoms with Crippen LogP contribution in [0, 0.1) is 25.2 Å². The van der Waals surface area contributed by atoms with Gasteiger partial charge >= 0.3 is 5.97 Å². The highest BCUT2D eigenvalue weighted by Crippen LogP contribution is 2.35. The first-order chi connectivity index (χ1) is 9.90. The van der Waals surface area contributed by atoms with Gasteiger partial charge in [0.15, 0.2) is 0 Å². The summed E-state index contributed by atoms with van der Waals surface area (Å²) < 4.78 is 4.59. The van der Waals surface area contributed by atoms with Gasteiger partial charge < -0.3 is 15.2 Å². The summed E-state index contributed by atoms with van der Waals surface area (Å²) in [7, 11) is 1.17. The molecule has 0 radical (unpaired) electrons. The Morgan fingerprint density at radius 1 is 1.48 bits per heavy atom. The normalized spacial score (nSPS) is 13.9. The number of nitrogens with zero attached hydrogens (tertiary/aromatic N) is 1. The van der Waals surface area contributed by atoms with Crippen LogP contribution in [-0.2, 0) is 14.3 Å². The fourth-order valence-electron chi connectivity index (χ4n) is 2.26. The van der Waals surface area contributed by atoms with Gasteiger partial charge in [-0.05, 0) is 31.0 Å². The Hall–Kier alpha value is -2.81. The van der Waals surface area contributed by atoms with E-state index in [2.05, 4.69) is 10.1 Å². The molecule has 0 aliphatic carbocycles. The van der Waals surface area contributed by atoms with Crippen molar-refractivity contribution in [3.8, 4) is 6.07 Å². The van der Waals surface area contributed by atoms with Crippen LogP contribution >= 0.6 is 0 Å². The zero-order chi connectivity index (χ0) is 15.7. The molecular formula is C15H14N2O4. The zero-order valence-electron chi connectivity index (χ0n) is 11.9. The number of nitrogens with one attached hydrogen (secondary N) is 1. The van der Waals surface area contributed by atoms with Crippen molar-refractivity contribution in [1.29, 1.82) is 5.26 Å². The molecule has 0 unspecified atom stereocenters. The fraction of sp³-hybridized carbons (Fsp3) is 0.267. The van der Waals surface area contributed by atoms with E-state index in [9.17, 15) is 20.0 Å². The number of amides is 1. The molecule has 6 nitrogen and oxygen atoms in total. The minimum atomic E-state index is -0.771. The van der Waals surface area contributed by atoms with Crippen LogP contribution < -0.4 is 5.32 Å². The molecule has 1 aromatic carbocycles. The van der Waals surface area contributed by atoms with Crippen LogP contribution in [0.2, 0.25) is 0 Å². The molecule has 0 atom stereocenters. The van der Waals surface area contributed by atoms with E-state index in [-0.39, 0.29) is 34.6 Å². The molecular weight excluding hydrogens is 272 g/mol. The van der Waals surface area contributed by atoms with Crippen LogP contribution in [0.25, 0.3) is 5.76 Å². The van der Waals surface area contributed by atoms with Gasteiger partial charge in [-0.3, -0.25) is 4.79 Å². The Balaban J connectivity index is 2.82. The number of methoxy groups -OCH3 is 1. The molecule has 1 heterocycles. The number of ether oxygens (including phenoxy) is 1. The quantitative estimate of drug-likeness (QED) is 0.769. The largest absolute Gasteiger partial charge is 0.507 e. The van der Waals surface area contributed by atoms with Gasteiger partial charge in [0.1, 0.15) is 11.8 Å². The van der Waals surface area contributed by atoms with Crippen molar-refractivity contribution < 1.29 is 19.4 Å². The standard InChI is InChI=1S/C15H14N2O4/c1-7-4-9-13(11(6-16)8(7)2)17-12(18)5-10(14(9)19)15(20)21-3/h4,19H,5H2,1-3H3,(H,17,18). The van der Waals surface area contributed by atoms with E-state index in [0.717, 1.165) is 5.56 Å². The molecule has 1 aliphatic heterocycles. The number of benzene rings is 1.